The Kier molecular flexibility index (Phi) is 4.65. The van der Waals surface area contributed by atoms with Crippen LogP contribution in [0, 0.1) is 10.1 Å². The SMILES string of the molecule is COc1cc(O)c(C=Nc2cc([N+](=O)[O-])ccc2O)cc1OC. The molecule has 0 fully saturated rings. The minimum absolute atomic E-state index is 0.00776. The third-order valence-electron chi connectivity index (χ3n) is 3.05. The second-order valence-corrected chi connectivity index (χ2v) is 4.45. The van der Waals surface area contributed by atoms with Gasteiger partial charge < -0.3 is 19.7 Å². The minimum Gasteiger partial charge on any atom is -0.507 e. The Morgan fingerprint density at radius 1 is 1.09 bits per heavy atom. The van der Waals surface area contributed by atoms with Crippen LogP contribution in [-0.4, -0.2) is 35.6 Å². The lowest BCUT2D eigenvalue weighted by atomic mass is 10.2. The van der Waals surface area contributed by atoms with Crippen molar-refractivity contribution in [3.05, 3.63) is 46.0 Å². The number of nitrogens with zero attached hydrogens (tertiary/aromatic N) is 2. The molecule has 0 atom stereocenters. The van der Waals surface area contributed by atoms with E-state index in [0.29, 0.717) is 17.1 Å². The number of methoxy groups -OCH3 is 2. The molecular weight excluding hydrogens is 304 g/mol. The van der Waals surface area contributed by atoms with Crippen LogP contribution in [0.5, 0.6) is 23.0 Å². The maximum absolute atomic E-state index is 10.7. The van der Waals surface area contributed by atoms with Crippen LogP contribution >= 0.6 is 0 Å². The predicted molar refractivity (Wildman–Crippen MR) is 83.2 cm³/mol. The molecule has 120 valence electrons. The van der Waals surface area contributed by atoms with Gasteiger partial charge in [0.1, 0.15) is 17.2 Å². The van der Waals surface area contributed by atoms with E-state index in [9.17, 15) is 20.3 Å². The van der Waals surface area contributed by atoms with Crippen LogP contribution in [0.15, 0.2) is 35.3 Å². The number of aromatic hydroxyl groups is 2. The number of phenols is 2. The van der Waals surface area contributed by atoms with E-state index in [1.54, 1.807) is 0 Å². The summed E-state index contributed by atoms with van der Waals surface area (Å²) in [6.07, 6.45) is 1.26. The van der Waals surface area contributed by atoms with Crippen LogP contribution in [0.2, 0.25) is 0 Å². The second kappa shape index (κ2) is 6.65. The number of non-ortho nitro benzene ring substituents is 1. The van der Waals surface area contributed by atoms with Crippen LogP contribution in [0.1, 0.15) is 5.56 Å². The molecule has 0 radical (unpaired) electrons. The lowest BCUT2D eigenvalue weighted by molar-refractivity contribution is -0.384. The van der Waals surface area contributed by atoms with Crippen LogP contribution < -0.4 is 9.47 Å². The highest BCUT2D eigenvalue weighted by Gasteiger charge is 2.11. The third-order valence-corrected chi connectivity index (χ3v) is 3.05. The Balaban J connectivity index is 2.41. The zero-order valence-electron chi connectivity index (χ0n) is 12.4. The molecule has 0 aliphatic heterocycles. The molecule has 8 nitrogen and oxygen atoms in total. The Morgan fingerprint density at radius 2 is 1.74 bits per heavy atom. The molecule has 0 aromatic heterocycles. The maximum atomic E-state index is 10.7. The van der Waals surface area contributed by atoms with Crippen LogP contribution in [0.3, 0.4) is 0 Å². The van der Waals surface area contributed by atoms with Crippen LogP contribution in [0.25, 0.3) is 0 Å². The number of hydrogen-bond donors (Lipinski definition) is 2. The van der Waals surface area contributed by atoms with Crippen molar-refractivity contribution in [1.29, 1.82) is 0 Å². The fourth-order valence-corrected chi connectivity index (χ4v) is 1.86. The molecule has 2 aromatic carbocycles. The van der Waals surface area contributed by atoms with Gasteiger partial charge in [0.05, 0.1) is 19.1 Å². The summed E-state index contributed by atoms with van der Waals surface area (Å²) in [4.78, 5) is 14.1. The highest BCUT2D eigenvalue weighted by Crippen LogP contribution is 2.34. The fraction of sp³-hybridized carbons (Fsp3) is 0.133. The highest BCUT2D eigenvalue weighted by atomic mass is 16.6. The summed E-state index contributed by atoms with van der Waals surface area (Å²) in [5.41, 5.74) is 0.105. The number of nitro benzene ring substituents is 1. The molecule has 0 aliphatic carbocycles. The first-order valence-electron chi connectivity index (χ1n) is 6.42. The zero-order valence-corrected chi connectivity index (χ0v) is 12.4. The van der Waals surface area contributed by atoms with E-state index in [1.807, 2.05) is 0 Å². The molecule has 0 amide bonds. The Bertz CT molecular complexity index is 773. The number of nitro groups is 1. The van der Waals surface area contributed by atoms with E-state index >= 15 is 0 Å². The summed E-state index contributed by atoms with van der Waals surface area (Å²) in [6.45, 7) is 0. The molecule has 0 heterocycles. The van der Waals surface area contributed by atoms with Gasteiger partial charge in [0.25, 0.3) is 5.69 Å². The standard InChI is InChI=1S/C15H14N2O6/c1-22-14-5-9(13(19)7-15(14)23-2)8-16-11-6-10(17(20)21)3-4-12(11)18/h3-8,18-19H,1-2H3. The second-order valence-electron chi connectivity index (χ2n) is 4.45. The fourth-order valence-electron chi connectivity index (χ4n) is 1.86. The van der Waals surface area contributed by atoms with Crippen molar-refractivity contribution in [2.24, 2.45) is 4.99 Å². The van der Waals surface area contributed by atoms with Gasteiger partial charge in [0.15, 0.2) is 11.5 Å². The smallest absolute Gasteiger partial charge is 0.271 e. The van der Waals surface area contributed by atoms with Crippen LogP contribution in [0.4, 0.5) is 11.4 Å². The topological polar surface area (TPSA) is 114 Å². The molecule has 0 spiro atoms. The first kappa shape index (κ1) is 16.1. The van der Waals surface area contributed by atoms with Crippen molar-refractivity contribution in [1.82, 2.24) is 0 Å². The van der Waals surface area contributed by atoms with Gasteiger partial charge in [-0.3, -0.25) is 15.1 Å². The van der Waals surface area contributed by atoms with Crippen molar-refractivity contribution in [3.63, 3.8) is 0 Å². The summed E-state index contributed by atoms with van der Waals surface area (Å²) in [6, 6.07) is 6.32. The van der Waals surface area contributed by atoms with Crippen molar-refractivity contribution in [3.8, 4) is 23.0 Å². The molecule has 0 aliphatic rings. The van der Waals surface area contributed by atoms with E-state index in [1.165, 1.54) is 44.7 Å². The third kappa shape index (κ3) is 3.49. The quantitative estimate of drug-likeness (QED) is 0.497. The number of hydrogen-bond acceptors (Lipinski definition) is 7. The molecule has 2 N–H and O–H groups in total. The van der Waals surface area contributed by atoms with E-state index in [4.69, 9.17) is 9.47 Å². The van der Waals surface area contributed by atoms with Crippen molar-refractivity contribution < 1.29 is 24.6 Å². The Morgan fingerprint density at radius 3 is 2.35 bits per heavy atom. The van der Waals surface area contributed by atoms with Crippen LogP contribution in [-0.2, 0) is 0 Å². The van der Waals surface area contributed by atoms with Gasteiger partial charge in [0.2, 0.25) is 0 Å². The normalized spacial score (nSPS) is 10.7. The lowest BCUT2D eigenvalue weighted by Crippen LogP contribution is -1.93. The molecular formula is C15H14N2O6. The molecule has 8 heteroatoms. The highest BCUT2D eigenvalue weighted by molar-refractivity contribution is 5.87. The first-order chi connectivity index (χ1) is 11.0. The van der Waals surface area contributed by atoms with E-state index < -0.39 is 4.92 Å². The van der Waals surface area contributed by atoms with Gasteiger partial charge in [-0.25, -0.2) is 0 Å². The summed E-state index contributed by atoms with van der Waals surface area (Å²) >= 11 is 0. The van der Waals surface area contributed by atoms with Gasteiger partial charge in [0, 0.05) is 30.0 Å². The monoisotopic (exact) mass is 318 g/mol. The molecule has 0 unspecified atom stereocenters. The van der Waals surface area contributed by atoms with E-state index in [-0.39, 0.29) is 22.9 Å². The molecule has 2 aromatic rings. The lowest BCUT2D eigenvalue weighted by Gasteiger charge is -2.09. The minimum atomic E-state index is -0.591. The average Bonchev–Trinajstić information content (AvgIpc) is 2.54. The van der Waals surface area contributed by atoms with Crippen molar-refractivity contribution >= 4 is 17.6 Å². The van der Waals surface area contributed by atoms with Gasteiger partial charge in [-0.05, 0) is 12.1 Å². The van der Waals surface area contributed by atoms with E-state index in [2.05, 4.69) is 4.99 Å². The molecule has 2 rings (SSSR count). The number of ether oxygens (including phenoxy) is 2. The molecule has 23 heavy (non-hydrogen) atoms. The van der Waals surface area contributed by atoms with Gasteiger partial charge in [-0.15, -0.1) is 0 Å². The number of phenolic OH excluding ortho intramolecular Hbond substituents is 2. The summed E-state index contributed by atoms with van der Waals surface area (Å²) in [5, 5.41) is 30.4. The summed E-state index contributed by atoms with van der Waals surface area (Å²) in [7, 11) is 2.88. The zero-order chi connectivity index (χ0) is 17.0. The Labute approximate surface area is 131 Å². The van der Waals surface area contributed by atoms with Crippen molar-refractivity contribution in [2.75, 3.05) is 14.2 Å². The first-order valence-corrected chi connectivity index (χ1v) is 6.42. The summed E-state index contributed by atoms with van der Waals surface area (Å²) in [5.74, 6) is 0.401. The van der Waals surface area contributed by atoms with Gasteiger partial charge >= 0.3 is 0 Å². The Hall–Kier alpha value is -3.29. The predicted octanol–water partition coefficient (Wildman–Crippen LogP) is 2.77. The number of aliphatic imine (C=N–C) groups is 1. The molecule has 0 saturated carbocycles. The summed E-state index contributed by atoms with van der Waals surface area (Å²) < 4.78 is 10.2. The average molecular weight is 318 g/mol. The van der Waals surface area contributed by atoms with Crippen molar-refractivity contribution in [2.45, 2.75) is 0 Å². The molecule has 0 bridgehead atoms. The van der Waals surface area contributed by atoms with Gasteiger partial charge in [-0.1, -0.05) is 0 Å². The maximum Gasteiger partial charge on any atom is 0.271 e. The van der Waals surface area contributed by atoms with Gasteiger partial charge in [-0.2, -0.15) is 0 Å². The number of rotatable bonds is 5. The largest absolute Gasteiger partial charge is 0.507 e. The van der Waals surface area contributed by atoms with E-state index in [0.717, 1.165) is 6.07 Å². The number of benzene rings is 2. The molecule has 0 saturated heterocycles.